The average molecular weight is 282 g/mol. The van der Waals surface area contributed by atoms with Crippen LogP contribution in [0, 0.1) is 17.5 Å². The Morgan fingerprint density at radius 3 is 2.17 bits per heavy atom. The first-order chi connectivity index (χ1) is 8.03. The van der Waals surface area contributed by atoms with Crippen LogP contribution in [-0.2, 0) is 10.0 Å². The number of hydrogen-bond acceptors (Lipinski definition) is 3. The fraction of sp³-hybridized carbons (Fsp3) is 0.400. The molecule has 4 nitrogen and oxygen atoms in total. The molecule has 0 fully saturated rings. The molecule has 0 heterocycles. The van der Waals surface area contributed by atoms with E-state index < -0.39 is 37.9 Å². The van der Waals surface area contributed by atoms with E-state index >= 15 is 0 Å². The van der Waals surface area contributed by atoms with Gasteiger partial charge in [-0.25, -0.2) is 26.3 Å². The van der Waals surface area contributed by atoms with Crippen molar-refractivity contribution in [2.24, 2.45) is 5.73 Å². The molecule has 1 rings (SSSR count). The van der Waals surface area contributed by atoms with Gasteiger partial charge in [-0.05, 0) is 19.9 Å². The van der Waals surface area contributed by atoms with E-state index in [2.05, 4.69) is 0 Å². The summed E-state index contributed by atoms with van der Waals surface area (Å²) in [5.74, 6) is -4.26. The molecule has 0 bridgehead atoms. The Bertz CT molecular complexity index is 553. The Morgan fingerprint density at radius 2 is 1.67 bits per heavy atom. The zero-order valence-corrected chi connectivity index (χ0v) is 10.6. The second-order valence-corrected chi connectivity index (χ2v) is 6.25. The van der Waals surface area contributed by atoms with Gasteiger partial charge in [-0.2, -0.15) is 0 Å². The van der Waals surface area contributed by atoms with Gasteiger partial charge in [-0.1, -0.05) is 0 Å². The lowest BCUT2D eigenvalue weighted by Crippen LogP contribution is -2.45. The third kappa shape index (κ3) is 3.69. The van der Waals surface area contributed by atoms with Gasteiger partial charge < -0.3 is 5.73 Å². The number of sulfonamides is 1. The number of nitrogens with two attached hydrogens (primary N) is 1. The predicted molar refractivity (Wildman–Crippen MR) is 59.8 cm³/mol. The second kappa shape index (κ2) is 4.87. The van der Waals surface area contributed by atoms with E-state index in [0.717, 1.165) is 0 Å². The minimum Gasteiger partial charge on any atom is -0.324 e. The summed E-state index contributed by atoms with van der Waals surface area (Å²) in [6, 6.07) is 0.466. The van der Waals surface area contributed by atoms with Gasteiger partial charge in [-0.3, -0.25) is 0 Å². The maximum atomic E-state index is 13.3. The van der Waals surface area contributed by atoms with Crippen molar-refractivity contribution >= 4 is 10.0 Å². The van der Waals surface area contributed by atoms with E-state index in [1.54, 1.807) is 13.8 Å². The Hall–Kier alpha value is -1.12. The maximum absolute atomic E-state index is 13.3. The van der Waals surface area contributed by atoms with Gasteiger partial charge in [-0.15, -0.1) is 0 Å². The van der Waals surface area contributed by atoms with Gasteiger partial charge in [0.25, 0.3) is 0 Å². The van der Waals surface area contributed by atoms with E-state index in [1.807, 2.05) is 4.72 Å². The van der Waals surface area contributed by atoms with Gasteiger partial charge in [0.1, 0.15) is 10.7 Å². The zero-order chi connectivity index (χ0) is 14.1. The number of nitrogens with one attached hydrogen (secondary N) is 1. The summed E-state index contributed by atoms with van der Waals surface area (Å²) < 4.78 is 64.2. The standard InChI is InChI=1S/C10H13F3N2O2S/c1-10(2,14)5-15-18(16,17)9-4-7(12)6(11)3-8(9)13/h3-4,15H,5,14H2,1-2H3. The van der Waals surface area contributed by atoms with Crippen LogP contribution in [0.15, 0.2) is 17.0 Å². The second-order valence-electron chi connectivity index (χ2n) is 4.51. The highest BCUT2D eigenvalue weighted by Gasteiger charge is 2.24. The Kier molecular flexibility index (Phi) is 4.04. The molecule has 0 saturated carbocycles. The van der Waals surface area contributed by atoms with Crippen LogP contribution < -0.4 is 10.5 Å². The minimum atomic E-state index is -4.28. The molecule has 0 saturated heterocycles. The predicted octanol–water partition coefficient (Wildman–Crippen LogP) is 1.12. The van der Waals surface area contributed by atoms with Crippen LogP contribution in [0.5, 0.6) is 0 Å². The molecule has 0 aliphatic heterocycles. The summed E-state index contributed by atoms with van der Waals surface area (Å²) in [5.41, 5.74) is 4.70. The highest BCUT2D eigenvalue weighted by molar-refractivity contribution is 7.89. The van der Waals surface area contributed by atoms with Gasteiger partial charge in [0.05, 0.1) is 0 Å². The van der Waals surface area contributed by atoms with Crippen molar-refractivity contribution < 1.29 is 21.6 Å². The van der Waals surface area contributed by atoms with Crippen molar-refractivity contribution in [3.8, 4) is 0 Å². The van der Waals surface area contributed by atoms with Crippen LogP contribution >= 0.6 is 0 Å². The van der Waals surface area contributed by atoms with Crippen molar-refractivity contribution in [1.82, 2.24) is 4.72 Å². The van der Waals surface area contributed by atoms with Crippen LogP contribution in [0.3, 0.4) is 0 Å². The molecule has 1 aromatic carbocycles. The molecule has 0 unspecified atom stereocenters. The summed E-state index contributed by atoms with van der Waals surface area (Å²) in [6.45, 7) is 2.93. The monoisotopic (exact) mass is 282 g/mol. The van der Waals surface area contributed by atoms with Crippen LogP contribution in [0.1, 0.15) is 13.8 Å². The van der Waals surface area contributed by atoms with Gasteiger partial charge in [0.15, 0.2) is 11.6 Å². The lowest BCUT2D eigenvalue weighted by Gasteiger charge is -2.19. The molecule has 0 aromatic heterocycles. The number of benzene rings is 1. The van der Waals surface area contributed by atoms with E-state index in [9.17, 15) is 21.6 Å². The van der Waals surface area contributed by atoms with E-state index in [1.165, 1.54) is 0 Å². The van der Waals surface area contributed by atoms with Crippen molar-refractivity contribution in [1.29, 1.82) is 0 Å². The van der Waals surface area contributed by atoms with Crippen LogP contribution in [0.4, 0.5) is 13.2 Å². The molecule has 8 heteroatoms. The zero-order valence-electron chi connectivity index (χ0n) is 9.80. The van der Waals surface area contributed by atoms with Crippen molar-refractivity contribution in [3.05, 3.63) is 29.6 Å². The third-order valence-corrected chi connectivity index (χ3v) is 3.40. The molecule has 0 atom stereocenters. The summed E-state index contributed by atoms with van der Waals surface area (Å²) in [6.07, 6.45) is 0. The van der Waals surface area contributed by atoms with Crippen LogP contribution in [0.25, 0.3) is 0 Å². The molecule has 1 aromatic rings. The summed E-state index contributed by atoms with van der Waals surface area (Å²) in [5, 5.41) is 0. The topological polar surface area (TPSA) is 72.2 Å². The first-order valence-corrected chi connectivity index (χ1v) is 6.44. The SMILES string of the molecule is CC(C)(N)CNS(=O)(=O)c1cc(F)c(F)cc1F. The number of hydrogen-bond donors (Lipinski definition) is 2. The lowest BCUT2D eigenvalue weighted by atomic mass is 10.1. The first kappa shape index (κ1) is 14.9. The van der Waals surface area contributed by atoms with Gasteiger partial charge in [0, 0.05) is 18.2 Å². The molecular weight excluding hydrogens is 269 g/mol. The highest BCUT2D eigenvalue weighted by atomic mass is 32.2. The largest absolute Gasteiger partial charge is 0.324 e. The Labute approximate surface area is 103 Å². The summed E-state index contributed by atoms with van der Waals surface area (Å²) >= 11 is 0. The molecular formula is C10H13F3N2O2S. The third-order valence-electron chi connectivity index (χ3n) is 1.98. The van der Waals surface area contributed by atoms with Crippen LogP contribution in [0.2, 0.25) is 0 Å². The first-order valence-electron chi connectivity index (χ1n) is 4.96. The minimum absolute atomic E-state index is 0.173. The van der Waals surface area contributed by atoms with Crippen LogP contribution in [-0.4, -0.2) is 20.5 Å². The summed E-state index contributed by atoms with van der Waals surface area (Å²) in [7, 11) is -4.28. The van der Waals surface area contributed by atoms with Gasteiger partial charge >= 0.3 is 0 Å². The van der Waals surface area contributed by atoms with E-state index in [0.29, 0.717) is 0 Å². The molecule has 0 radical (unpaired) electrons. The van der Waals surface area contributed by atoms with Gasteiger partial charge in [0.2, 0.25) is 10.0 Å². The fourth-order valence-electron chi connectivity index (χ4n) is 1.07. The highest BCUT2D eigenvalue weighted by Crippen LogP contribution is 2.18. The molecule has 102 valence electrons. The smallest absolute Gasteiger partial charge is 0.243 e. The maximum Gasteiger partial charge on any atom is 0.243 e. The number of halogens is 3. The van der Waals surface area contributed by atoms with E-state index in [-0.39, 0.29) is 18.7 Å². The molecule has 0 amide bonds. The normalized spacial score (nSPS) is 12.8. The Balaban J connectivity index is 3.10. The van der Waals surface area contributed by atoms with Crippen molar-refractivity contribution in [2.45, 2.75) is 24.3 Å². The average Bonchev–Trinajstić information content (AvgIpc) is 2.19. The Morgan fingerprint density at radius 1 is 1.17 bits per heavy atom. The molecule has 0 spiro atoms. The molecule has 0 aliphatic carbocycles. The quantitative estimate of drug-likeness (QED) is 0.813. The fourth-order valence-corrected chi connectivity index (χ4v) is 2.36. The van der Waals surface area contributed by atoms with E-state index in [4.69, 9.17) is 5.73 Å². The van der Waals surface area contributed by atoms with Crippen molar-refractivity contribution in [2.75, 3.05) is 6.54 Å². The molecule has 3 N–H and O–H groups in total. The molecule has 0 aliphatic rings. The summed E-state index contributed by atoms with van der Waals surface area (Å²) in [4.78, 5) is -0.953. The lowest BCUT2D eigenvalue weighted by molar-refractivity contribution is 0.475. The van der Waals surface area contributed by atoms with Crippen molar-refractivity contribution in [3.63, 3.8) is 0 Å². The molecule has 18 heavy (non-hydrogen) atoms. The number of rotatable bonds is 4.